The lowest BCUT2D eigenvalue weighted by Gasteiger charge is -2.43. The minimum Gasteiger partial charge on any atom is -0.480 e. The van der Waals surface area contributed by atoms with Crippen LogP contribution in [0, 0.1) is 42.4 Å². The molecule has 1 saturated heterocycles. The van der Waals surface area contributed by atoms with Gasteiger partial charge in [-0.05, 0) is 42.6 Å². The SMILES string of the molecule is Cc1ccc([C@@H]2c3sc(=O)[nH]c3S[C@@H]3[C@H]4C[C@@H]([C@@H]5C(=O)N([C@H](C(=O)O)C(C)C)C(=O)[C@H]45)[C@@H]23)cc1. The molecule has 1 aromatic heterocycles. The van der Waals surface area contributed by atoms with Crippen molar-refractivity contribution < 1.29 is 19.5 Å². The topological polar surface area (TPSA) is 108 Å². The molecule has 178 valence electrons. The zero-order valence-electron chi connectivity index (χ0n) is 19.1. The summed E-state index contributed by atoms with van der Waals surface area (Å²) in [6.45, 7) is 5.51. The van der Waals surface area contributed by atoms with Crippen molar-refractivity contribution in [1.29, 1.82) is 0 Å². The van der Waals surface area contributed by atoms with Gasteiger partial charge in [-0.2, -0.15) is 0 Å². The average molecular weight is 499 g/mol. The van der Waals surface area contributed by atoms with Gasteiger partial charge in [0.25, 0.3) is 0 Å². The fourth-order valence-corrected chi connectivity index (χ4v) is 10.0. The standard InChI is InChI=1S/C25H26N2O5S2/c1-9(2)18(24(30)31)27-22(28)16-12-8-13(17(16)23(27)29)19-15(12)14(11-6-4-10(3)5-7-11)20-21(33-19)26-25(32)34-20/h4-7,9,12-19H,8H2,1-3H3,(H,26,32)(H,30,31)/t12-,13+,14+,15+,16+,17-,18+,19-/m1/s1. The molecule has 2 saturated carbocycles. The Morgan fingerprint density at radius 1 is 1.09 bits per heavy atom. The summed E-state index contributed by atoms with van der Waals surface area (Å²) in [6, 6.07) is 7.23. The van der Waals surface area contributed by atoms with Crippen LogP contribution in [0.1, 0.15) is 42.2 Å². The minimum absolute atomic E-state index is 0.00226. The van der Waals surface area contributed by atoms with E-state index in [2.05, 4.69) is 29.2 Å². The van der Waals surface area contributed by atoms with E-state index in [-0.39, 0.29) is 51.5 Å². The number of thioether (sulfide) groups is 1. The summed E-state index contributed by atoms with van der Waals surface area (Å²) in [7, 11) is 0. The molecule has 2 amide bonds. The number of aromatic nitrogens is 1. The monoisotopic (exact) mass is 498 g/mol. The molecule has 0 unspecified atom stereocenters. The third kappa shape index (κ3) is 2.89. The first-order chi connectivity index (χ1) is 16.2. The second-order valence-corrected chi connectivity index (χ2v) is 12.6. The third-order valence-corrected chi connectivity index (χ3v) is 10.9. The molecule has 2 aliphatic carbocycles. The first-order valence-corrected chi connectivity index (χ1v) is 13.4. The van der Waals surface area contributed by atoms with Gasteiger partial charge < -0.3 is 10.1 Å². The Morgan fingerprint density at radius 2 is 1.74 bits per heavy atom. The van der Waals surface area contributed by atoms with Crippen molar-refractivity contribution in [1.82, 2.24) is 9.88 Å². The van der Waals surface area contributed by atoms with E-state index in [1.54, 1.807) is 25.6 Å². The molecule has 2 aliphatic heterocycles. The number of carboxylic acids is 1. The maximum absolute atomic E-state index is 13.6. The maximum atomic E-state index is 13.6. The fraction of sp³-hybridized carbons (Fsp3) is 0.520. The highest BCUT2D eigenvalue weighted by atomic mass is 32.2. The van der Waals surface area contributed by atoms with Crippen molar-refractivity contribution in [2.75, 3.05) is 0 Å². The quantitative estimate of drug-likeness (QED) is 0.626. The van der Waals surface area contributed by atoms with Crippen LogP contribution in [-0.2, 0) is 14.4 Å². The summed E-state index contributed by atoms with van der Waals surface area (Å²) in [5, 5.41) is 10.8. The van der Waals surface area contributed by atoms with Crippen LogP contribution in [0.15, 0.2) is 34.1 Å². The summed E-state index contributed by atoms with van der Waals surface area (Å²) < 4.78 is 0. The number of aromatic amines is 1. The van der Waals surface area contributed by atoms with Gasteiger partial charge in [0.2, 0.25) is 11.8 Å². The molecule has 3 heterocycles. The van der Waals surface area contributed by atoms with E-state index in [1.807, 2.05) is 6.92 Å². The van der Waals surface area contributed by atoms with E-state index < -0.39 is 23.8 Å². The number of carbonyl (C=O) groups is 3. The molecular weight excluding hydrogens is 472 g/mol. The van der Waals surface area contributed by atoms with Gasteiger partial charge in [0.05, 0.1) is 16.9 Å². The lowest BCUT2D eigenvalue weighted by Crippen LogP contribution is -2.49. The molecule has 1 aromatic carbocycles. The first-order valence-electron chi connectivity index (χ1n) is 11.7. The van der Waals surface area contributed by atoms with E-state index in [0.717, 1.165) is 32.4 Å². The Labute approximate surface area is 204 Å². The van der Waals surface area contributed by atoms with Crippen LogP contribution in [0.3, 0.4) is 0 Å². The molecule has 0 spiro atoms. The van der Waals surface area contributed by atoms with Crippen LogP contribution in [0.4, 0.5) is 0 Å². The second-order valence-electron chi connectivity index (χ2n) is 10.4. The van der Waals surface area contributed by atoms with E-state index in [4.69, 9.17) is 0 Å². The normalized spacial score (nSPS) is 34.4. The zero-order chi connectivity index (χ0) is 24.0. The van der Waals surface area contributed by atoms with Crippen LogP contribution in [0.25, 0.3) is 0 Å². The molecule has 8 atom stereocenters. The Hall–Kier alpha value is -2.39. The van der Waals surface area contributed by atoms with Crippen molar-refractivity contribution in [3.05, 3.63) is 49.9 Å². The van der Waals surface area contributed by atoms with Gasteiger partial charge in [0.1, 0.15) is 6.04 Å². The lowest BCUT2D eigenvalue weighted by atomic mass is 9.68. The van der Waals surface area contributed by atoms with Gasteiger partial charge in [0.15, 0.2) is 0 Å². The van der Waals surface area contributed by atoms with E-state index in [1.165, 1.54) is 11.3 Å². The van der Waals surface area contributed by atoms with E-state index in [9.17, 15) is 24.3 Å². The number of hydrogen-bond acceptors (Lipinski definition) is 6. The van der Waals surface area contributed by atoms with Crippen LogP contribution in [-0.4, -0.2) is 44.1 Å². The molecular formula is C25H26N2O5S2. The summed E-state index contributed by atoms with van der Waals surface area (Å²) in [5.74, 6) is -2.96. The molecule has 2 N–H and O–H groups in total. The van der Waals surface area contributed by atoms with Crippen molar-refractivity contribution in [2.24, 2.45) is 35.5 Å². The zero-order valence-corrected chi connectivity index (χ0v) is 20.7. The molecule has 4 aliphatic rings. The number of aryl methyl sites for hydroxylation is 1. The molecule has 2 bridgehead atoms. The average Bonchev–Trinajstić information content (AvgIpc) is 3.49. The van der Waals surface area contributed by atoms with Crippen LogP contribution < -0.4 is 4.87 Å². The van der Waals surface area contributed by atoms with Gasteiger partial charge in [-0.15, -0.1) is 11.8 Å². The summed E-state index contributed by atoms with van der Waals surface area (Å²) >= 11 is 2.89. The highest BCUT2D eigenvalue weighted by Gasteiger charge is 2.70. The number of hydrogen-bond donors (Lipinski definition) is 2. The second kappa shape index (κ2) is 7.55. The van der Waals surface area contributed by atoms with Gasteiger partial charge in [-0.1, -0.05) is 55.0 Å². The lowest BCUT2D eigenvalue weighted by molar-refractivity contribution is -0.157. The minimum atomic E-state index is -1.13. The Bertz CT molecular complexity index is 1260. The molecule has 9 heteroatoms. The summed E-state index contributed by atoms with van der Waals surface area (Å²) in [5.41, 5.74) is 2.28. The molecule has 0 radical (unpaired) electrons. The highest BCUT2D eigenvalue weighted by molar-refractivity contribution is 8.00. The Morgan fingerprint density at radius 3 is 2.35 bits per heavy atom. The number of carbonyl (C=O) groups excluding carboxylic acids is 2. The third-order valence-electron chi connectivity index (χ3n) is 8.36. The highest BCUT2D eigenvalue weighted by Crippen LogP contribution is 2.68. The predicted molar refractivity (Wildman–Crippen MR) is 128 cm³/mol. The number of imide groups is 1. The number of nitrogens with one attached hydrogen (secondary N) is 1. The molecule has 2 aromatic rings. The van der Waals surface area contributed by atoms with E-state index >= 15 is 0 Å². The van der Waals surface area contributed by atoms with Gasteiger partial charge in [0, 0.05) is 16.0 Å². The van der Waals surface area contributed by atoms with Crippen LogP contribution >= 0.6 is 23.1 Å². The van der Waals surface area contributed by atoms with Crippen molar-refractivity contribution in [3.63, 3.8) is 0 Å². The van der Waals surface area contributed by atoms with Gasteiger partial charge in [-0.25, -0.2) is 4.79 Å². The summed E-state index contributed by atoms with van der Waals surface area (Å²) in [4.78, 5) is 56.5. The van der Waals surface area contributed by atoms with Crippen molar-refractivity contribution in [3.8, 4) is 0 Å². The van der Waals surface area contributed by atoms with Crippen LogP contribution in [0.5, 0.6) is 0 Å². The number of carboxylic acid groups (broad SMARTS) is 1. The number of fused-ring (bicyclic) bond motifs is 9. The molecule has 3 fully saturated rings. The van der Waals surface area contributed by atoms with Crippen molar-refractivity contribution >= 4 is 40.9 Å². The number of benzene rings is 1. The van der Waals surface area contributed by atoms with Gasteiger partial charge >= 0.3 is 10.8 Å². The number of amides is 2. The van der Waals surface area contributed by atoms with Crippen LogP contribution in [0.2, 0.25) is 0 Å². The fourth-order valence-electron chi connectivity index (χ4n) is 7.15. The predicted octanol–water partition coefficient (Wildman–Crippen LogP) is 3.33. The number of thiazole rings is 1. The molecule has 34 heavy (non-hydrogen) atoms. The summed E-state index contributed by atoms with van der Waals surface area (Å²) in [6.07, 6.45) is 0.796. The number of H-pyrrole nitrogens is 1. The maximum Gasteiger partial charge on any atom is 0.327 e. The largest absolute Gasteiger partial charge is 0.480 e. The Balaban J connectivity index is 1.44. The number of likely N-dealkylation sites (tertiary alicyclic amines) is 1. The molecule has 6 rings (SSSR count). The Kier molecular flexibility index (Phi) is 4.91. The first kappa shape index (κ1) is 22.1. The number of rotatable bonds is 4. The number of nitrogens with zero attached hydrogens (tertiary/aromatic N) is 1. The van der Waals surface area contributed by atoms with Gasteiger partial charge in [-0.3, -0.25) is 19.3 Å². The molecule has 7 nitrogen and oxygen atoms in total. The van der Waals surface area contributed by atoms with Crippen molar-refractivity contribution in [2.45, 2.75) is 49.4 Å². The van der Waals surface area contributed by atoms with E-state index in [0.29, 0.717) is 0 Å². The smallest absolute Gasteiger partial charge is 0.327 e. The number of aliphatic carboxylic acids is 1.